The van der Waals surface area contributed by atoms with Crippen LogP contribution >= 0.6 is 11.3 Å². The maximum Gasteiger partial charge on any atom is 0.251 e. The van der Waals surface area contributed by atoms with Gasteiger partial charge in [0.25, 0.3) is 5.91 Å². The Bertz CT molecular complexity index is 564. The van der Waals surface area contributed by atoms with Crippen molar-refractivity contribution in [1.82, 2.24) is 5.32 Å². The number of hydrogen-bond acceptors (Lipinski definition) is 3. The van der Waals surface area contributed by atoms with Gasteiger partial charge >= 0.3 is 0 Å². The number of carbonyl (C=O) groups excluding carboxylic acids is 1. The highest BCUT2D eigenvalue weighted by Crippen LogP contribution is 2.18. The highest BCUT2D eigenvalue weighted by molar-refractivity contribution is 7.10. The van der Waals surface area contributed by atoms with Crippen molar-refractivity contribution in [3.63, 3.8) is 0 Å². The molecule has 1 atom stereocenters. The molecule has 0 unspecified atom stereocenters. The summed E-state index contributed by atoms with van der Waals surface area (Å²) in [6.07, 6.45) is -0.644. The van der Waals surface area contributed by atoms with Gasteiger partial charge in [0.1, 0.15) is 6.10 Å². The molecular weight excluding hydrogens is 258 g/mol. The predicted molar refractivity (Wildman–Crippen MR) is 77.5 cm³/mol. The molecule has 0 bridgehead atoms. The van der Waals surface area contributed by atoms with E-state index < -0.39 is 6.10 Å². The minimum Gasteiger partial charge on any atom is -0.386 e. The molecule has 1 aromatic heterocycles. The SMILES string of the molecule is Cc1ccc(C)c(C(=O)NC[C@@H](O)c2cccs2)c1. The molecule has 0 aliphatic carbocycles. The highest BCUT2D eigenvalue weighted by atomic mass is 32.1. The molecule has 0 radical (unpaired) electrons. The largest absolute Gasteiger partial charge is 0.386 e. The van der Waals surface area contributed by atoms with E-state index in [1.807, 2.05) is 49.6 Å². The number of thiophene rings is 1. The number of carbonyl (C=O) groups is 1. The fourth-order valence-electron chi connectivity index (χ4n) is 1.85. The van der Waals surface area contributed by atoms with Gasteiger partial charge in [-0.3, -0.25) is 4.79 Å². The minimum absolute atomic E-state index is 0.142. The van der Waals surface area contributed by atoms with Crippen molar-refractivity contribution in [2.75, 3.05) is 6.54 Å². The summed E-state index contributed by atoms with van der Waals surface area (Å²) >= 11 is 1.48. The molecule has 2 aromatic rings. The molecule has 2 N–H and O–H groups in total. The fourth-order valence-corrected chi connectivity index (χ4v) is 2.56. The van der Waals surface area contributed by atoms with Crippen molar-refractivity contribution in [3.05, 3.63) is 57.3 Å². The summed E-state index contributed by atoms with van der Waals surface area (Å²) in [6, 6.07) is 9.52. The smallest absolute Gasteiger partial charge is 0.251 e. The topological polar surface area (TPSA) is 49.3 Å². The van der Waals surface area contributed by atoms with E-state index in [1.54, 1.807) is 0 Å². The van der Waals surface area contributed by atoms with Crippen LogP contribution < -0.4 is 5.32 Å². The lowest BCUT2D eigenvalue weighted by Gasteiger charge is -2.12. The number of aliphatic hydroxyl groups excluding tert-OH is 1. The average Bonchev–Trinajstić information content (AvgIpc) is 2.92. The zero-order valence-corrected chi connectivity index (χ0v) is 11.8. The van der Waals surface area contributed by atoms with E-state index in [0.717, 1.165) is 16.0 Å². The van der Waals surface area contributed by atoms with Crippen LogP contribution in [0.5, 0.6) is 0 Å². The van der Waals surface area contributed by atoms with Gasteiger partial charge in [0, 0.05) is 17.0 Å². The number of hydrogen-bond donors (Lipinski definition) is 2. The number of aliphatic hydroxyl groups is 1. The van der Waals surface area contributed by atoms with Gasteiger partial charge in [0.2, 0.25) is 0 Å². The van der Waals surface area contributed by atoms with E-state index in [2.05, 4.69) is 5.32 Å². The van der Waals surface area contributed by atoms with E-state index in [1.165, 1.54) is 11.3 Å². The summed E-state index contributed by atoms with van der Waals surface area (Å²) in [4.78, 5) is 12.9. The molecule has 100 valence electrons. The van der Waals surface area contributed by atoms with Crippen molar-refractivity contribution in [2.45, 2.75) is 20.0 Å². The molecule has 0 aliphatic heterocycles. The zero-order valence-electron chi connectivity index (χ0n) is 11.0. The molecule has 0 spiro atoms. The van der Waals surface area contributed by atoms with Crippen LogP contribution in [0.4, 0.5) is 0 Å². The first-order chi connectivity index (χ1) is 9.08. The second kappa shape index (κ2) is 5.99. The fraction of sp³-hybridized carbons (Fsp3) is 0.267. The highest BCUT2D eigenvalue weighted by Gasteiger charge is 2.13. The summed E-state index contributed by atoms with van der Waals surface area (Å²) in [6.45, 7) is 4.09. The van der Waals surface area contributed by atoms with E-state index in [0.29, 0.717) is 5.56 Å². The predicted octanol–water partition coefficient (Wildman–Crippen LogP) is 2.83. The van der Waals surface area contributed by atoms with Crippen molar-refractivity contribution >= 4 is 17.2 Å². The van der Waals surface area contributed by atoms with Gasteiger partial charge in [-0.15, -0.1) is 11.3 Å². The quantitative estimate of drug-likeness (QED) is 0.901. The Labute approximate surface area is 116 Å². The number of benzene rings is 1. The Morgan fingerprint density at radius 3 is 2.84 bits per heavy atom. The zero-order chi connectivity index (χ0) is 13.8. The summed E-state index contributed by atoms with van der Waals surface area (Å²) in [7, 11) is 0. The van der Waals surface area contributed by atoms with Crippen LogP contribution in [-0.4, -0.2) is 17.6 Å². The summed E-state index contributed by atoms with van der Waals surface area (Å²) in [5, 5.41) is 14.6. The molecule has 4 heteroatoms. The lowest BCUT2D eigenvalue weighted by atomic mass is 10.1. The van der Waals surface area contributed by atoms with Crippen LogP contribution in [0.3, 0.4) is 0 Å². The van der Waals surface area contributed by atoms with Gasteiger partial charge in [-0.2, -0.15) is 0 Å². The van der Waals surface area contributed by atoms with Crippen molar-refractivity contribution in [1.29, 1.82) is 0 Å². The molecule has 1 amide bonds. The van der Waals surface area contributed by atoms with Crippen LogP contribution in [0.2, 0.25) is 0 Å². The van der Waals surface area contributed by atoms with E-state index in [4.69, 9.17) is 0 Å². The maximum atomic E-state index is 12.1. The summed E-state index contributed by atoms with van der Waals surface area (Å²) < 4.78 is 0. The Morgan fingerprint density at radius 1 is 1.37 bits per heavy atom. The van der Waals surface area contributed by atoms with Crippen LogP contribution in [0.25, 0.3) is 0 Å². The second-order valence-electron chi connectivity index (χ2n) is 4.56. The molecule has 3 nitrogen and oxygen atoms in total. The molecule has 1 heterocycles. The van der Waals surface area contributed by atoms with Gasteiger partial charge in [-0.05, 0) is 36.9 Å². The van der Waals surface area contributed by atoms with Gasteiger partial charge < -0.3 is 10.4 Å². The average molecular weight is 275 g/mol. The van der Waals surface area contributed by atoms with Crippen LogP contribution in [0.1, 0.15) is 32.5 Å². The summed E-state index contributed by atoms with van der Waals surface area (Å²) in [5.74, 6) is -0.142. The van der Waals surface area contributed by atoms with Crippen molar-refractivity contribution in [2.24, 2.45) is 0 Å². The van der Waals surface area contributed by atoms with E-state index in [9.17, 15) is 9.90 Å². The second-order valence-corrected chi connectivity index (χ2v) is 5.54. The van der Waals surface area contributed by atoms with E-state index >= 15 is 0 Å². The summed E-state index contributed by atoms with van der Waals surface area (Å²) in [5.41, 5.74) is 2.65. The monoisotopic (exact) mass is 275 g/mol. The van der Waals surface area contributed by atoms with Crippen molar-refractivity contribution < 1.29 is 9.90 Å². The van der Waals surface area contributed by atoms with Crippen LogP contribution in [0, 0.1) is 13.8 Å². The normalized spacial score (nSPS) is 12.2. The number of nitrogens with one attached hydrogen (secondary N) is 1. The first kappa shape index (κ1) is 13.8. The Morgan fingerprint density at radius 2 is 2.16 bits per heavy atom. The first-order valence-corrected chi connectivity index (χ1v) is 7.03. The van der Waals surface area contributed by atoms with Gasteiger partial charge in [-0.1, -0.05) is 23.8 Å². The van der Waals surface area contributed by atoms with E-state index in [-0.39, 0.29) is 12.5 Å². The molecule has 0 saturated carbocycles. The molecule has 0 fully saturated rings. The third-order valence-electron chi connectivity index (χ3n) is 2.97. The molecule has 2 rings (SSSR count). The van der Waals surface area contributed by atoms with Gasteiger partial charge in [0.05, 0.1) is 0 Å². The lowest BCUT2D eigenvalue weighted by Crippen LogP contribution is -2.28. The first-order valence-electron chi connectivity index (χ1n) is 6.15. The molecule has 19 heavy (non-hydrogen) atoms. The number of rotatable bonds is 4. The van der Waals surface area contributed by atoms with Gasteiger partial charge in [-0.25, -0.2) is 0 Å². The Hall–Kier alpha value is -1.65. The van der Waals surface area contributed by atoms with Crippen molar-refractivity contribution in [3.8, 4) is 0 Å². The third-order valence-corrected chi connectivity index (χ3v) is 3.94. The minimum atomic E-state index is -0.644. The lowest BCUT2D eigenvalue weighted by molar-refractivity contribution is 0.0917. The third kappa shape index (κ3) is 3.43. The molecule has 1 aromatic carbocycles. The molecule has 0 saturated heterocycles. The number of aryl methyl sites for hydroxylation is 2. The standard InChI is InChI=1S/C15H17NO2S/c1-10-5-6-11(2)12(8-10)15(18)16-9-13(17)14-4-3-7-19-14/h3-8,13,17H,9H2,1-2H3,(H,16,18)/t13-/m1/s1. The van der Waals surface area contributed by atoms with Gasteiger partial charge in [0.15, 0.2) is 0 Å². The Kier molecular flexibility index (Phi) is 4.35. The molecular formula is C15H17NO2S. The maximum absolute atomic E-state index is 12.1. The molecule has 0 aliphatic rings. The van der Waals surface area contributed by atoms with Crippen LogP contribution in [0.15, 0.2) is 35.7 Å². The number of amides is 1. The Balaban J connectivity index is 2.00. The van der Waals surface area contributed by atoms with Crippen LogP contribution in [-0.2, 0) is 0 Å².